The van der Waals surface area contributed by atoms with Gasteiger partial charge < -0.3 is 20.6 Å². The van der Waals surface area contributed by atoms with Crippen LogP contribution in [-0.2, 0) is 9.59 Å². The van der Waals surface area contributed by atoms with Gasteiger partial charge in [-0.05, 0) is 24.5 Å². The Morgan fingerprint density at radius 1 is 1.22 bits per heavy atom. The standard InChI is InChI=1S/C16H17NO6/c1-8-3-2-4-11(16(22)23)13(8)14(19)17-9-5-6-10(15(20)21)12(18)7-9/h2-3,5-8,11,13,18H,4H2,1H3,(H,17,19)(H,20,21)(H,22,23). The van der Waals surface area contributed by atoms with Crippen LogP contribution in [0.25, 0.3) is 0 Å². The molecule has 1 aliphatic rings. The fraction of sp³-hybridized carbons (Fsp3) is 0.312. The molecule has 0 fully saturated rings. The molecule has 0 aliphatic heterocycles. The van der Waals surface area contributed by atoms with Crippen molar-refractivity contribution in [2.45, 2.75) is 13.3 Å². The van der Waals surface area contributed by atoms with Crippen LogP contribution in [0.2, 0.25) is 0 Å². The van der Waals surface area contributed by atoms with Gasteiger partial charge in [0.25, 0.3) is 0 Å². The van der Waals surface area contributed by atoms with Crippen LogP contribution < -0.4 is 5.32 Å². The molecule has 7 nitrogen and oxygen atoms in total. The number of nitrogens with one attached hydrogen (secondary N) is 1. The summed E-state index contributed by atoms with van der Waals surface area (Å²) in [6.45, 7) is 1.76. The predicted octanol–water partition coefficient (Wildman–Crippen LogP) is 1.94. The van der Waals surface area contributed by atoms with Crippen molar-refractivity contribution in [1.82, 2.24) is 0 Å². The second kappa shape index (κ2) is 6.51. The maximum absolute atomic E-state index is 12.4. The largest absolute Gasteiger partial charge is 0.507 e. The summed E-state index contributed by atoms with van der Waals surface area (Å²) in [6.07, 6.45) is 3.83. The Morgan fingerprint density at radius 3 is 2.48 bits per heavy atom. The van der Waals surface area contributed by atoms with Crippen molar-refractivity contribution < 1.29 is 29.7 Å². The number of carboxylic acid groups (broad SMARTS) is 2. The lowest BCUT2D eigenvalue weighted by atomic mass is 9.76. The first kappa shape index (κ1) is 16.5. The lowest BCUT2D eigenvalue weighted by Gasteiger charge is -2.29. The number of amides is 1. The van der Waals surface area contributed by atoms with Gasteiger partial charge >= 0.3 is 11.9 Å². The smallest absolute Gasteiger partial charge is 0.339 e. The molecule has 1 aromatic rings. The summed E-state index contributed by atoms with van der Waals surface area (Å²) in [7, 11) is 0. The highest BCUT2D eigenvalue weighted by molar-refractivity contribution is 5.97. The SMILES string of the molecule is CC1C=CCC(C(=O)O)C1C(=O)Nc1ccc(C(=O)O)c(O)c1. The number of aromatic hydroxyl groups is 1. The fourth-order valence-corrected chi connectivity index (χ4v) is 2.76. The summed E-state index contributed by atoms with van der Waals surface area (Å²) in [4.78, 5) is 34.6. The molecular weight excluding hydrogens is 302 g/mol. The van der Waals surface area contributed by atoms with Crippen LogP contribution in [-0.4, -0.2) is 33.2 Å². The molecule has 0 saturated heterocycles. The molecule has 23 heavy (non-hydrogen) atoms. The van der Waals surface area contributed by atoms with Gasteiger partial charge in [-0.1, -0.05) is 19.1 Å². The van der Waals surface area contributed by atoms with Crippen molar-refractivity contribution in [2.24, 2.45) is 17.8 Å². The summed E-state index contributed by atoms with van der Waals surface area (Å²) < 4.78 is 0. The van der Waals surface area contributed by atoms with Crippen LogP contribution >= 0.6 is 0 Å². The van der Waals surface area contributed by atoms with Gasteiger partial charge in [-0.25, -0.2) is 4.79 Å². The minimum absolute atomic E-state index is 0.211. The van der Waals surface area contributed by atoms with Gasteiger partial charge in [0.2, 0.25) is 5.91 Å². The first-order chi connectivity index (χ1) is 10.8. The van der Waals surface area contributed by atoms with Crippen molar-refractivity contribution in [1.29, 1.82) is 0 Å². The highest BCUT2D eigenvalue weighted by Crippen LogP contribution is 2.32. The molecule has 4 N–H and O–H groups in total. The Morgan fingerprint density at radius 2 is 1.91 bits per heavy atom. The summed E-state index contributed by atoms with van der Waals surface area (Å²) in [6, 6.07) is 3.65. The van der Waals surface area contributed by atoms with E-state index in [1.165, 1.54) is 12.1 Å². The van der Waals surface area contributed by atoms with Crippen LogP contribution in [0.5, 0.6) is 5.75 Å². The lowest BCUT2D eigenvalue weighted by molar-refractivity contribution is -0.147. The molecule has 1 aliphatic carbocycles. The fourth-order valence-electron chi connectivity index (χ4n) is 2.76. The van der Waals surface area contributed by atoms with E-state index < -0.39 is 35.4 Å². The van der Waals surface area contributed by atoms with E-state index in [0.717, 1.165) is 6.07 Å². The van der Waals surface area contributed by atoms with E-state index in [2.05, 4.69) is 5.32 Å². The van der Waals surface area contributed by atoms with Crippen LogP contribution in [0, 0.1) is 17.8 Å². The maximum atomic E-state index is 12.4. The Kier molecular flexibility index (Phi) is 4.68. The summed E-state index contributed by atoms with van der Waals surface area (Å²) >= 11 is 0. The highest BCUT2D eigenvalue weighted by Gasteiger charge is 2.38. The van der Waals surface area contributed by atoms with Crippen molar-refractivity contribution >= 4 is 23.5 Å². The van der Waals surface area contributed by atoms with E-state index in [4.69, 9.17) is 5.11 Å². The van der Waals surface area contributed by atoms with Crippen LogP contribution in [0.15, 0.2) is 30.4 Å². The molecule has 0 saturated carbocycles. The molecule has 0 heterocycles. The predicted molar refractivity (Wildman–Crippen MR) is 81.2 cm³/mol. The van der Waals surface area contributed by atoms with Gasteiger partial charge in [-0.3, -0.25) is 9.59 Å². The molecule has 3 atom stereocenters. The Hall–Kier alpha value is -2.83. The summed E-state index contributed by atoms with van der Waals surface area (Å²) in [5, 5.41) is 30.3. The monoisotopic (exact) mass is 319 g/mol. The zero-order valence-corrected chi connectivity index (χ0v) is 12.4. The molecule has 0 radical (unpaired) electrons. The molecule has 122 valence electrons. The summed E-state index contributed by atoms with van der Waals surface area (Å²) in [5.41, 5.74) is -0.0660. The van der Waals surface area contributed by atoms with Gasteiger partial charge in [0.15, 0.2) is 0 Å². The van der Waals surface area contributed by atoms with E-state index in [1.807, 2.05) is 0 Å². The number of carbonyl (C=O) groups is 3. The van der Waals surface area contributed by atoms with Crippen molar-refractivity contribution in [3.63, 3.8) is 0 Å². The second-order valence-corrected chi connectivity index (χ2v) is 5.52. The zero-order chi connectivity index (χ0) is 17.1. The second-order valence-electron chi connectivity index (χ2n) is 5.52. The number of aromatic carboxylic acids is 1. The molecule has 1 amide bonds. The average molecular weight is 319 g/mol. The molecular formula is C16H17NO6. The molecule has 7 heteroatoms. The van der Waals surface area contributed by atoms with E-state index in [9.17, 15) is 24.6 Å². The molecule has 0 bridgehead atoms. The number of hydrogen-bond donors (Lipinski definition) is 4. The summed E-state index contributed by atoms with van der Waals surface area (Å²) in [5.74, 6) is -5.06. The minimum Gasteiger partial charge on any atom is -0.507 e. The third kappa shape index (κ3) is 3.50. The molecule has 1 aromatic carbocycles. The maximum Gasteiger partial charge on any atom is 0.339 e. The van der Waals surface area contributed by atoms with E-state index in [-0.39, 0.29) is 23.6 Å². The lowest BCUT2D eigenvalue weighted by Crippen LogP contribution is -2.38. The van der Waals surface area contributed by atoms with Crippen LogP contribution in [0.4, 0.5) is 5.69 Å². The number of rotatable bonds is 4. The van der Waals surface area contributed by atoms with Gasteiger partial charge in [-0.2, -0.15) is 0 Å². The number of allylic oxidation sites excluding steroid dienone is 2. The zero-order valence-electron chi connectivity index (χ0n) is 12.4. The molecule has 3 unspecified atom stereocenters. The van der Waals surface area contributed by atoms with Crippen LogP contribution in [0.1, 0.15) is 23.7 Å². The van der Waals surface area contributed by atoms with E-state index in [1.54, 1.807) is 19.1 Å². The van der Waals surface area contributed by atoms with Crippen LogP contribution in [0.3, 0.4) is 0 Å². The highest BCUT2D eigenvalue weighted by atomic mass is 16.4. The van der Waals surface area contributed by atoms with Gasteiger partial charge in [0.05, 0.1) is 11.8 Å². The number of anilines is 1. The number of phenols is 1. The number of benzene rings is 1. The van der Waals surface area contributed by atoms with E-state index >= 15 is 0 Å². The Labute approximate surface area is 132 Å². The molecule has 2 rings (SSSR count). The molecule has 0 aromatic heterocycles. The number of hydrogen-bond acceptors (Lipinski definition) is 4. The first-order valence-corrected chi connectivity index (χ1v) is 7.08. The first-order valence-electron chi connectivity index (χ1n) is 7.08. The van der Waals surface area contributed by atoms with E-state index in [0.29, 0.717) is 0 Å². The van der Waals surface area contributed by atoms with Crippen molar-refractivity contribution in [3.8, 4) is 5.75 Å². The Bertz CT molecular complexity index is 681. The number of carboxylic acids is 2. The molecule has 0 spiro atoms. The number of aliphatic carboxylic acids is 1. The topological polar surface area (TPSA) is 124 Å². The third-order valence-corrected chi connectivity index (χ3v) is 3.95. The number of carbonyl (C=O) groups excluding carboxylic acids is 1. The minimum atomic E-state index is -1.28. The van der Waals surface area contributed by atoms with Crippen molar-refractivity contribution in [2.75, 3.05) is 5.32 Å². The normalized spacial score (nSPS) is 23.3. The van der Waals surface area contributed by atoms with Gasteiger partial charge in [-0.15, -0.1) is 0 Å². The van der Waals surface area contributed by atoms with Gasteiger partial charge in [0.1, 0.15) is 11.3 Å². The Balaban J connectivity index is 2.20. The van der Waals surface area contributed by atoms with Gasteiger partial charge in [0, 0.05) is 11.8 Å². The third-order valence-electron chi connectivity index (χ3n) is 3.95. The quantitative estimate of drug-likeness (QED) is 0.629. The van der Waals surface area contributed by atoms with Crippen molar-refractivity contribution in [3.05, 3.63) is 35.9 Å². The average Bonchev–Trinajstić information content (AvgIpc) is 2.46.